The summed E-state index contributed by atoms with van der Waals surface area (Å²) < 4.78 is 15.0. The van der Waals surface area contributed by atoms with E-state index in [0.717, 1.165) is 0 Å². The molecule has 14 heavy (non-hydrogen) atoms. The SMILES string of the molecule is COCCNC(C)(C#N)C(OC)OC. The van der Waals surface area contributed by atoms with Crippen LogP contribution in [0.4, 0.5) is 0 Å². The Morgan fingerprint density at radius 2 is 1.93 bits per heavy atom. The molecule has 0 rings (SSSR count). The normalized spacial score (nSPS) is 15.1. The molecule has 0 bridgehead atoms. The molecule has 0 aliphatic rings. The van der Waals surface area contributed by atoms with Gasteiger partial charge < -0.3 is 14.2 Å². The topological polar surface area (TPSA) is 63.5 Å². The van der Waals surface area contributed by atoms with E-state index in [0.29, 0.717) is 13.2 Å². The maximum absolute atomic E-state index is 9.00. The van der Waals surface area contributed by atoms with Gasteiger partial charge in [-0.1, -0.05) is 0 Å². The molecular formula is C9H18N2O3. The van der Waals surface area contributed by atoms with Crippen LogP contribution in [0.3, 0.4) is 0 Å². The predicted octanol–water partition coefficient (Wildman–Crippen LogP) is 0.124. The molecule has 0 spiro atoms. The van der Waals surface area contributed by atoms with E-state index >= 15 is 0 Å². The molecule has 0 heterocycles. The molecule has 0 saturated heterocycles. The molecule has 0 aliphatic heterocycles. The third-order valence-corrected chi connectivity index (χ3v) is 1.93. The first-order chi connectivity index (χ1) is 6.64. The fourth-order valence-corrected chi connectivity index (χ4v) is 1.16. The molecule has 0 aliphatic carbocycles. The van der Waals surface area contributed by atoms with Crippen LogP contribution in [0.25, 0.3) is 0 Å². The van der Waals surface area contributed by atoms with Gasteiger partial charge in [-0.2, -0.15) is 5.26 Å². The van der Waals surface area contributed by atoms with Crippen LogP contribution >= 0.6 is 0 Å². The lowest BCUT2D eigenvalue weighted by Crippen LogP contribution is -2.53. The van der Waals surface area contributed by atoms with Crippen molar-refractivity contribution in [3.8, 4) is 6.07 Å². The van der Waals surface area contributed by atoms with E-state index in [-0.39, 0.29) is 0 Å². The Kier molecular flexibility index (Phi) is 6.41. The zero-order chi connectivity index (χ0) is 11.0. The Bertz CT molecular complexity index is 189. The molecule has 0 amide bonds. The minimum atomic E-state index is -0.859. The Hall–Kier alpha value is -0.670. The van der Waals surface area contributed by atoms with Gasteiger partial charge >= 0.3 is 0 Å². The van der Waals surface area contributed by atoms with Crippen molar-refractivity contribution < 1.29 is 14.2 Å². The van der Waals surface area contributed by atoms with Crippen molar-refractivity contribution in [1.29, 1.82) is 5.26 Å². The number of hydrogen-bond acceptors (Lipinski definition) is 5. The zero-order valence-corrected chi connectivity index (χ0v) is 9.16. The zero-order valence-electron chi connectivity index (χ0n) is 9.16. The molecule has 82 valence electrons. The van der Waals surface area contributed by atoms with Gasteiger partial charge in [0.2, 0.25) is 0 Å². The number of nitriles is 1. The summed E-state index contributed by atoms with van der Waals surface area (Å²) in [5.74, 6) is 0. The average Bonchev–Trinajstić information content (AvgIpc) is 2.20. The van der Waals surface area contributed by atoms with Crippen LogP contribution in [0.15, 0.2) is 0 Å². The van der Waals surface area contributed by atoms with Gasteiger partial charge in [0.15, 0.2) is 11.8 Å². The summed E-state index contributed by atoms with van der Waals surface area (Å²) in [6.07, 6.45) is -0.593. The minimum absolute atomic E-state index is 0.539. The summed E-state index contributed by atoms with van der Waals surface area (Å²) in [7, 11) is 4.61. The molecule has 1 N–H and O–H groups in total. The Labute approximate surface area is 84.9 Å². The van der Waals surface area contributed by atoms with Crippen LogP contribution < -0.4 is 5.32 Å². The van der Waals surface area contributed by atoms with Crippen molar-refractivity contribution in [3.05, 3.63) is 0 Å². The standard InChI is InChI=1S/C9H18N2O3/c1-9(7-10,8(13-3)14-4)11-5-6-12-2/h8,11H,5-6H2,1-4H3. The molecule has 0 radical (unpaired) electrons. The second kappa shape index (κ2) is 6.74. The van der Waals surface area contributed by atoms with Gasteiger partial charge in [0.1, 0.15) is 0 Å². The van der Waals surface area contributed by atoms with Gasteiger partial charge in [-0.3, -0.25) is 5.32 Å². The third kappa shape index (κ3) is 3.60. The molecule has 0 aromatic carbocycles. The molecule has 5 nitrogen and oxygen atoms in total. The minimum Gasteiger partial charge on any atom is -0.383 e. The fourth-order valence-electron chi connectivity index (χ4n) is 1.16. The van der Waals surface area contributed by atoms with Crippen LogP contribution in [-0.4, -0.2) is 46.3 Å². The van der Waals surface area contributed by atoms with Crippen molar-refractivity contribution >= 4 is 0 Å². The van der Waals surface area contributed by atoms with Crippen LogP contribution in [-0.2, 0) is 14.2 Å². The maximum Gasteiger partial charge on any atom is 0.188 e. The molecule has 0 aromatic rings. The van der Waals surface area contributed by atoms with E-state index in [1.54, 1.807) is 14.0 Å². The summed E-state index contributed by atoms with van der Waals surface area (Å²) in [6, 6.07) is 2.12. The molecule has 0 saturated carbocycles. The monoisotopic (exact) mass is 202 g/mol. The lowest BCUT2D eigenvalue weighted by molar-refractivity contribution is -0.137. The lowest BCUT2D eigenvalue weighted by atomic mass is 10.0. The second-order valence-electron chi connectivity index (χ2n) is 3.04. The van der Waals surface area contributed by atoms with E-state index < -0.39 is 11.8 Å². The van der Waals surface area contributed by atoms with Crippen LogP contribution in [0.5, 0.6) is 0 Å². The highest BCUT2D eigenvalue weighted by Gasteiger charge is 2.34. The van der Waals surface area contributed by atoms with E-state index in [1.165, 1.54) is 14.2 Å². The number of rotatable bonds is 7. The summed E-state index contributed by atoms with van der Waals surface area (Å²) in [5, 5.41) is 12.0. The van der Waals surface area contributed by atoms with Crippen LogP contribution in [0, 0.1) is 11.3 Å². The van der Waals surface area contributed by atoms with E-state index in [1.807, 2.05) is 0 Å². The first-order valence-electron chi connectivity index (χ1n) is 4.35. The van der Waals surface area contributed by atoms with Crippen molar-refractivity contribution in [2.75, 3.05) is 34.5 Å². The van der Waals surface area contributed by atoms with Gasteiger partial charge in [0.05, 0.1) is 12.7 Å². The quantitative estimate of drug-likeness (QED) is 0.469. The Morgan fingerprint density at radius 3 is 2.29 bits per heavy atom. The van der Waals surface area contributed by atoms with Crippen molar-refractivity contribution in [3.63, 3.8) is 0 Å². The second-order valence-corrected chi connectivity index (χ2v) is 3.04. The predicted molar refractivity (Wildman–Crippen MR) is 51.7 cm³/mol. The first kappa shape index (κ1) is 13.3. The molecular weight excluding hydrogens is 184 g/mol. The van der Waals surface area contributed by atoms with Crippen LogP contribution in [0.1, 0.15) is 6.92 Å². The molecule has 1 atom stereocenters. The Morgan fingerprint density at radius 1 is 1.36 bits per heavy atom. The number of nitrogens with one attached hydrogen (secondary N) is 1. The molecule has 0 aromatic heterocycles. The van der Waals surface area contributed by atoms with Crippen molar-refractivity contribution in [1.82, 2.24) is 5.32 Å². The number of nitrogens with zero attached hydrogens (tertiary/aromatic N) is 1. The lowest BCUT2D eigenvalue weighted by Gasteiger charge is -2.30. The molecule has 1 unspecified atom stereocenters. The van der Waals surface area contributed by atoms with Crippen LogP contribution in [0.2, 0.25) is 0 Å². The summed E-state index contributed by atoms with van der Waals surface area (Å²) in [4.78, 5) is 0. The van der Waals surface area contributed by atoms with Gasteiger partial charge in [-0.15, -0.1) is 0 Å². The van der Waals surface area contributed by atoms with E-state index in [9.17, 15) is 0 Å². The summed E-state index contributed by atoms with van der Waals surface area (Å²) in [5.41, 5.74) is -0.859. The van der Waals surface area contributed by atoms with Gasteiger partial charge in [0.25, 0.3) is 0 Å². The highest BCUT2D eigenvalue weighted by Crippen LogP contribution is 2.12. The highest BCUT2D eigenvalue weighted by molar-refractivity contribution is 5.06. The van der Waals surface area contributed by atoms with Gasteiger partial charge in [0, 0.05) is 27.9 Å². The third-order valence-electron chi connectivity index (χ3n) is 1.93. The van der Waals surface area contributed by atoms with Gasteiger partial charge in [-0.05, 0) is 6.92 Å². The Balaban J connectivity index is 4.23. The molecule has 5 heteroatoms. The van der Waals surface area contributed by atoms with Gasteiger partial charge in [-0.25, -0.2) is 0 Å². The highest BCUT2D eigenvalue weighted by atomic mass is 16.7. The maximum atomic E-state index is 9.00. The summed E-state index contributed by atoms with van der Waals surface area (Å²) in [6.45, 7) is 2.83. The largest absolute Gasteiger partial charge is 0.383 e. The van der Waals surface area contributed by atoms with Crippen molar-refractivity contribution in [2.45, 2.75) is 18.8 Å². The number of hydrogen-bond donors (Lipinski definition) is 1. The summed E-state index contributed by atoms with van der Waals surface area (Å²) >= 11 is 0. The molecule has 0 fully saturated rings. The first-order valence-corrected chi connectivity index (χ1v) is 4.35. The van der Waals surface area contributed by atoms with Crippen molar-refractivity contribution in [2.24, 2.45) is 0 Å². The van der Waals surface area contributed by atoms with E-state index in [2.05, 4.69) is 11.4 Å². The van der Waals surface area contributed by atoms with E-state index in [4.69, 9.17) is 19.5 Å². The smallest absolute Gasteiger partial charge is 0.188 e. The average molecular weight is 202 g/mol. The number of methoxy groups -OCH3 is 3. The fraction of sp³-hybridized carbons (Fsp3) is 0.889. The number of ether oxygens (including phenoxy) is 3.